The Morgan fingerprint density at radius 2 is 2.21 bits per heavy atom. The second-order valence-corrected chi connectivity index (χ2v) is 7.96. The first-order valence-corrected chi connectivity index (χ1v) is 9.97. The predicted octanol–water partition coefficient (Wildman–Crippen LogP) is 1.83. The molecule has 4 aliphatic rings. The predicted molar refractivity (Wildman–Crippen MR) is 104 cm³/mol. The number of carbonyl (C=O) groups is 1. The van der Waals surface area contributed by atoms with E-state index in [-0.39, 0.29) is 18.0 Å². The fourth-order valence-corrected chi connectivity index (χ4v) is 4.61. The number of imidazole rings is 1. The van der Waals surface area contributed by atoms with E-state index in [2.05, 4.69) is 32.9 Å². The number of nitrogens with zero attached hydrogens (tertiary/aromatic N) is 6. The lowest BCUT2D eigenvalue weighted by Gasteiger charge is -2.32. The molecule has 2 aromatic heterocycles. The van der Waals surface area contributed by atoms with Crippen LogP contribution in [0.2, 0.25) is 0 Å². The van der Waals surface area contributed by atoms with Crippen molar-refractivity contribution in [2.45, 2.75) is 43.9 Å². The Morgan fingerprint density at radius 3 is 3.00 bits per heavy atom. The van der Waals surface area contributed by atoms with Crippen LogP contribution in [-0.4, -0.2) is 42.2 Å². The third kappa shape index (κ3) is 2.46. The Kier molecular flexibility index (Phi) is 3.47. The molecule has 5 heterocycles. The van der Waals surface area contributed by atoms with Gasteiger partial charge < -0.3 is 15.0 Å². The lowest BCUT2D eigenvalue weighted by molar-refractivity contribution is 0.0989. The molecule has 0 radical (unpaired) electrons. The van der Waals surface area contributed by atoms with Gasteiger partial charge in [-0.2, -0.15) is 5.10 Å². The number of aliphatic imine (C=N–C) groups is 1. The smallest absolute Gasteiger partial charge is 0.297 e. The molecule has 0 aromatic carbocycles. The Morgan fingerprint density at radius 1 is 1.31 bits per heavy atom. The summed E-state index contributed by atoms with van der Waals surface area (Å²) in [4.78, 5) is 23.0. The van der Waals surface area contributed by atoms with Gasteiger partial charge in [-0.25, -0.2) is 9.98 Å². The Bertz CT molecular complexity index is 1070. The van der Waals surface area contributed by atoms with Gasteiger partial charge in [0, 0.05) is 24.9 Å². The van der Waals surface area contributed by atoms with Crippen LogP contribution in [0, 0.1) is 5.92 Å². The van der Waals surface area contributed by atoms with E-state index in [1.807, 2.05) is 16.8 Å². The summed E-state index contributed by atoms with van der Waals surface area (Å²) < 4.78 is 9.56. The van der Waals surface area contributed by atoms with Crippen molar-refractivity contribution < 1.29 is 9.53 Å². The van der Waals surface area contributed by atoms with Crippen LogP contribution in [0.15, 0.2) is 42.0 Å². The number of primary amides is 1. The summed E-state index contributed by atoms with van der Waals surface area (Å²) in [5, 5.41) is 4.85. The zero-order chi connectivity index (χ0) is 19.5. The van der Waals surface area contributed by atoms with Crippen molar-refractivity contribution in [1.29, 1.82) is 0 Å². The maximum Gasteiger partial charge on any atom is 0.297 e. The first kappa shape index (κ1) is 16.6. The average molecular weight is 391 g/mol. The number of fused-ring (bicyclic) bond motifs is 2. The van der Waals surface area contributed by atoms with Crippen LogP contribution in [0.4, 0.5) is 0 Å². The molecule has 1 amide bonds. The van der Waals surface area contributed by atoms with Gasteiger partial charge >= 0.3 is 0 Å². The summed E-state index contributed by atoms with van der Waals surface area (Å²) in [7, 11) is 0. The summed E-state index contributed by atoms with van der Waals surface area (Å²) in [6.07, 6.45) is 14.9. The number of carbonyl (C=O) groups excluding carboxylic acids is 1. The minimum Gasteiger partial charge on any atom is -0.432 e. The third-order valence-corrected chi connectivity index (χ3v) is 6.35. The topological polar surface area (TPSA) is 104 Å². The van der Waals surface area contributed by atoms with Crippen molar-refractivity contribution in [3.05, 3.63) is 54.2 Å². The molecule has 3 aliphatic heterocycles. The summed E-state index contributed by atoms with van der Waals surface area (Å²) in [6, 6.07) is 3.02. The van der Waals surface area contributed by atoms with Gasteiger partial charge in [0.25, 0.3) is 11.9 Å². The Hall–Kier alpha value is -3.36. The number of aromatic nitrogens is 4. The summed E-state index contributed by atoms with van der Waals surface area (Å²) in [5.74, 6) is 0.357. The number of nitrogens with two attached hydrogens (primary N) is 1. The molecule has 2 aromatic rings. The molecule has 9 heteroatoms. The van der Waals surface area contributed by atoms with Crippen LogP contribution >= 0.6 is 0 Å². The minimum absolute atomic E-state index is 0.000942. The van der Waals surface area contributed by atoms with E-state index in [0.717, 1.165) is 11.5 Å². The van der Waals surface area contributed by atoms with Crippen molar-refractivity contribution in [3.8, 4) is 0 Å². The van der Waals surface area contributed by atoms with E-state index in [1.165, 1.54) is 25.5 Å². The van der Waals surface area contributed by atoms with Gasteiger partial charge in [-0.05, 0) is 31.4 Å². The number of hydrogen-bond acceptors (Lipinski definition) is 6. The molecular weight excluding hydrogens is 370 g/mol. The molecule has 1 saturated carbocycles. The van der Waals surface area contributed by atoms with Crippen LogP contribution in [0.1, 0.15) is 53.4 Å². The maximum absolute atomic E-state index is 11.8. The van der Waals surface area contributed by atoms with Gasteiger partial charge in [-0.1, -0.05) is 6.08 Å². The van der Waals surface area contributed by atoms with Crippen LogP contribution in [0.25, 0.3) is 6.08 Å². The monoisotopic (exact) mass is 391 g/mol. The van der Waals surface area contributed by atoms with E-state index in [9.17, 15) is 4.79 Å². The molecule has 0 spiro atoms. The van der Waals surface area contributed by atoms with E-state index < -0.39 is 5.91 Å². The average Bonchev–Trinajstić information content (AvgIpc) is 3.41. The minimum atomic E-state index is -0.471. The SMILES string of the molecule is NC(=O)c1cnc2n1CC(C1C(c3ccn(C4CCC4)n3)N=C3OC=CN31)C=C2. The van der Waals surface area contributed by atoms with Crippen LogP contribution < -0.4 is 5.73 Å². The van der Waals surface area contributed by atoms with Crippen LogP contribution in [-0.2, 0) is 11.3 Å². The van der Waals surface area contributed by atoms with Gasteiger partial charge in [-0.15, -0.1) is 0 Å². The van der Waals surface area contributed by atoms with Gasteiger partial charge in [0.2, 0.25) is 0 Å². The molecule has 3 atom stereocenters. The molecule has 1 fully saturated rings. The highest BCUT2D eigenvalue weighted by Gasteiger charge is 2.45. The van der Waals surface area contributed by atoms with Gasteiger partial charge in [-0.3, -0.25) is 14.4 Å². The normalized spacial score (nSPS) is 27.4. The molecule has 29 heavy (non-hydrogen) atoms. The fraction of sp³-hybridized carbons (Fsp3) is 0.400. The van der Waals surface area contributed by atoms with Crippen molar-refractivity contribution in [1.82, 2.24) is 24.2 Å². The standard InChI is InChI=1S/C20H21N7O2/c21-19(28)15-10-22-16-5-4-12(11-26(15)16)18-17(23-20-25(18)8-9-29-20)14-6-7-27(24-14)13-2-1-3-13/h4-10,12-13,17-18H,1-3,11H2,(H2,21,28). The van der Waals surface area contributed by atoms with Crippen molar-refractivity contribution >= 4 is 18.0 Å². The summed E-state index contributed by atoms with van der Waals surface area (Å²) >= 11 is 0. The zero-order valence-corrected chi connectivity index (χ0v) is 15.8. The molecule has 148 valence electrons. The van der Waals surface area contributed by atoms with Gasteiger partial charge in [0.1, 0.15) is 23.8 Å². The lowest BCUT2D eigenvalue weighted by Crippen LogP contribution is -2.40. The summed E-state index contributed by atoms with van der Waals surface area (Å²) in [6.45, 7) is 0.599. The third-order valence-electron chi connectivity index (χ3n) is 6.35. The largest absolute Gasteiger partial charge is 0.432 e. The number of ether oxygens (including phenoxy) is 1. The summed E-state index contributed by atoms with van der Waals surface area (Å²) in [5.41, 5.74) is 6.90. The van der Waals surface area contributed by atoms with Crippen LogP contribution in [0.5, 0.6) is 0 Å². The molecule has 0 bridgehead atoms. The second-order valence-electron chi connectivity index (χ2n) is 7.96. The number of hydrogen-bond donors (Lipinski definition) is 1. The quantitative estimate of drug-likeness (QED) is 0.856. The molecule has 6 rings (SSSR count). The van der Waals surface area contributed by atoms with Crippen molar-refractivity contribution in [2.24, 2.45) is 16.6 Å². The Labute approximate surface area is 167 Å². The molecule has 2 N–H and O–H groups in total. The van der Waals surface area contributed by atoms with Gasteiger partial charge in [0.05, 0.1) is 24.0 Å². The molecule has 3 unspecified atom stereocenters. The first-order chi connectivity index (χ1) is 14.2. The van der Waals surface area contributed by atoms with E-state index in [4.69, 9.17) is 20.6 Å². The molecular formula is C20H21N7O2. The second kappa shape index (κ2) is 6.07. The highest BCUT2D eigenvalue weighted by atomic mass is 16.5. The van der Waals surface area contributed by atoms with E-state index >= 15 is 0 Å². The highest BCUT2D eigenvalue weighted by Crippen LogP contribution is 2.40. The number of amides is 1. The lowest BCUT2D eigenvalue weighted by atomic mass is 9.89. The fourth-order valence-electron chi connectivity index (χ4n) is 4.61. The molecule has 1 aliphatic carbocycles. The first-order valence-electron chi connectivity index (χ1n) is 9.97. The van der Waals surface area contributed by atoms with E-state index in [1.54, 1.807) is 6.26 Å². The zero-order valence-electron chi connectivity index (χ0n) is 15.8. The van der Waals surface area contributed by atoms with Crippen molar-refractivity contribution in [3.63, 3.8) is 0 Å². The highest BCUT2D eigenvalue weighted by molar-refractivity contribution is 5.91. The Balaban J connectivity index is 1.34. The maximum atomic E-state index is 11.8. The van der Waals surface area contributed by atoms with Gasteiger partial charge in [0.15, 0.2) is 0 Å². The molecule has 9 nitrogen and oxygen atoms in total. The van der Waals surface area contributed by atoms with E-state index in [0.29, 0.717) is 24.3 Å². The number of rotatable bonds is 4. The number of amidine groups is 1. The van der Waals surface area contributed by atoms with Crippen LogP contribution in [0.3, 0.4) is 0 Å². The molecule has 0 saturated heterocycles. The van der Waals surface area contributed by atoms with Crippen molar-refractivity contribution in [2.75, 3.05) is 0 Å².